The van der Waals surface area contributed by atoms with Gasteiger partial charge in [0, 0.05) is 30.1 Å². The first kappa shape index (κ1) is 32.0. The van der Waals surface area contributed by atoms with Crippen LogP contribution in [-0.4, -0.2) is 65.0 Å². The molecule has 1 fully saturated rings. The number of carboxylic acids is 1. The molecule has 0 bridgehead atoms. The Morgan fingerprint density at radius 3 is 2.69 bits per heavy atom. The molecule has 212 valence electrons. The van der Waals surface area contributed by atoms with E-state index in [1.54, 1.807) is 6.08 Å². The summed E-state index contributed by atoms with van der Waals surface area (Å²) in [5, 5.41) is 12.8. The topological polar surface area (TPSA) is 94.4 Å². The number of hydrogen-bond acceptors (Lipinski definition) is 5. The second kappa shape index (κ2) is 16.7. The van der Waals surface area contributed by atoms with E-state index in [9.17, 15) is 9.59 Å². The Hall–Kier alpha value is -3.19. The molecule has 0 aromatic heterocycles. The molecule has 2 rings (SSSR count). The van der Waals surface area contributed by atoms with Gasteiger partial charge in [-0.2, -0.15) is 0 Å². The Bertz CT molecular complexity index is 1100. The smallest absolute Gasteiger partial charge is 0.303 e. The Kier molecular flexibility index (Phi) is 13.7. The zero-order valence-electron chi connectivity index (χ0n) is 23.7. The van der Waals surface area contributed by atoms with Gasteiger partial charge in [-0.3, -0.25) is 19.6 Å². The van der Waals surface area contributed by atoms with Crippen LogP contribution in [0.3, 0.4) is 0 Å². The van der Waals surface area contributed by atoms with E-state index < -0.39 is 5.97 Å². The predicted octanol–water partition coefficient (Wildman–Crippen LogP) is 6.01. The summed E-state index contributed by atoms with van der Waals surface area (Å²) in [5.74, 6) is -0.392. The molecule has 0 aromatic carbocycles. The van der Waals surface area contributed by atoms with Gasteiger partial charge in [0.05, 0.1) is 30.1 Å². The Morgan fingerprint density at radius 1 is 1.26 bits per heavy atom. The van der Waals surface area contributed by atoms with Gasteiger partial charge in [-0.25, -0.2) is 0 Å². The van der Waals surface area contributed by atoms with Gasteiger partial charge in [0.2, 0.25) is 0 Å². The largest absolute Gasteiger partial charge is 0.481 e. The van der Waals surface area contributed by atoms with Crippen molar-refractivity contribution in [2.45, 2.75) is 71.9 Å². The maximum atomic E-state index is 13.7. The molecular weight excluding hydrogens is 512 g/mol. The van der Waals surface area contributed by atoms with Gasteiger partial charge >= 0.3 is 5.97 Å². The lowest BCUT2D eigenvalue weighted by molar-refractivity contribution is -0.137. The monoisotopic (exact) mass is 554 g/mol. The van der Waals surface area contributed by atoms with Gasteiger partial charge in [-0.05, 0) is 76.3 Å². The number of amides is 1. The SMILES string of the molecule is C=C(Cl)\C=C/C(=C\C)C1=N/C/C=C\C(C(=O)N2CCC(C)[C@H]2CN/C=C/C)=C/C(C)/N=C\1CCCCC(=O)O. The molecule has 8 heteroatoms. The predicted molar refractivity (Wildman–Crippen MR) is 163 cm³/mol. The summed E-state index contributed by atoms with van der Waals surface area (Å²) in [6.07, 6.45) is 18.0. The van der Waals surface area contributed by atoms with E-state index in [1.807, 2.05) is 68.3 Å². The van der Waals surface area contributed by atoms with Crippen molar-refractivity contribution in [2.24, 2.45) is 15.9 Å². The number of unbranched alkanes of at least 4 members (excludes halogenated alkanes) is 1. The number of allylic oxidation sites excluding steroid dienone is 6. The Labute approximate surface area is 238 Å². The summed E-state index contributed by atoms with van der Waals surface area (Å²) >= 11 is 5.97. The van der Waals surface area contributed by atoms with Crippen LogP contribution < -0.4 is 5.32 Å². The first-order valence-corrected chi connectivity index (χ1v) is 14.1. The number of carboxylic acid groups (broad SMARTS) is 1. The number of rotatable bonds is 12. The number of halogens is 1. The zero-order valence-corrected chi connectivity index (χ0v) is 24.5. The van der Waals surface area contributed by atoms with Gasteiger partial charge in [0.15, 0.2) is 0 Å². The van der Waals surface area contributed by atoms with Crippen LogP contribution >= 0.6 is 11.6 Å². The van der Waals surface area contributed by atoms with Crippen molar-refractivity contribution in [2.75, 3.05) is 19.6 Å². The van der Waals surface area contributed by atoms with Crippen molar-refractivity contribution in [1.29, 1.82) is 0 Å². The number of hydrogen-bond donors (Lipinski definition) is 2. The Balaban J connectivity index is 2.39. The fraction of sp³-hybridized carbons (Fsp3) is 0.484. The maximum absolute atomic E-state index is 13.7. The fourth-order valence-corrected chi connectivity index (χ4v) is 4.83. The molecule has 2 N–H and O–H groups in total. The van der Waals surface area contributed by atoms with Crippen LogP contribution in [0.2, 0.25) is 0 Å². The molecule has 1 saturated heterocycles. The maximum Gasteiger partial charge on any atom is 0.303 e. The molecule has 3 atom stereocenters. The number of carbonyl (C=O) groups excluding carboxylic acids is 1. The third-order valence-electron chi connectivity index (χ3n) is 6.79. The Morgan fingerprint density at radius 2 is 2.03 bits per heavy atom. The van der Waals surface area contributed by atoms with Gasteiger partial charge in [-0.1, -0.05) is 55.5 Å². The third-order valence-corrected chi connectivity index (χ3v) is 6.92. The number of nitrogens with one attached hydrogen (secondary N) is 1. The molecule has 2 unspecified atom stereocenters. The third kappa shape index (κ3) is 10.5. The van der Waals surface area contributed by atoms with Crippen LogP contribution in [-0.2, 0) is 9.59 Å². The summed E-state index contributed by atoms with van der Waals surface area (Å²) in [6.45, 7) is 13.6. The van der Waals surface area contributed by atoms with Crippen LogP contribution in [0.4, 0.5) is 0 Å². The highest BCUT2D eigenvalue weighted by atomic mass is 35.5. The van der Waals surface area contributed by atoms with Crippen molar-refractivity contribution in [3.8, 4) is 0 Å². The van der Waals surface area contributed by atoms with Crippen molar-refractivity contribution in [3.63, 3.8) is 0 Å². The lowest BCUT2D eigenvalue weighted by atomic mass is 9.99. The van der Waals surface area contributed by atoms with Crippen molar-refractivity contribution in [1.82, 2.24) is 10.2 Å². The molecule has 1 amide bonds. The fourth-order valence-electron chi connectivity index (χ4n) is 4.76. The quantitative estimate of drug-likeness (QED) is 0.228. The van der Waals surface area contributed by atoms with Crippen LogP contribution in [0.25, 0.3) is 0 Å². The summed E-state index contributed by atoms with van der Waals surface area (Å²) < 4.78 is 0. The van der Waals surface area contributed by atoms with Gasteiger partial charge in [0.25, 0.3) is 5.91 Å². The summed E-state index contributed by atoms with van der Waals surface area (Å²) in [6, 6.07) is -0.163. The van der Waals surface area contributed by atoms with Crippen LogP contribution in [0.5, 0.6) is 0 Å². The minimum Gasteiger partial charge on any atom is -0.481 e. The highest BCUT2D eigenvalue weighted by molar-refractivity contribution is 6.49. The molecule has 0 aliphatic carbocycles. The molecule has 0 spiro atoms. The van der Waals surface area contributed by atoms with Crippen molar-refractivity contribution < 1.29 is 14.7 Å². The van der Waals surface area contributed by atoms with Crippen LogP contribution in [0.15, 0.2) is 81.5 Å². The summed E-state index contributed by atoms with van der Waals surface area (Å²) in [7, 11) is 0. The second-order valence-corrected chi connectivity index (χ2v) is 10.4. The standard InChI is InChI=1S/C31H43ClN4O3/c1-6-17-33-21-28-22(3)16-19-36(28)31(39)26-11-10-18-34-30(25(7-2)15-14-23(4)32)27(35-24(5)20-26)12-8-9-13-29(37)38/h6-7,10-11,14-15,17,20,22,24,28,33H,4,8-9,12-13,16,18-19,21H2,1-3,5H3,(H,37,38)/b11-10-,15-14-,17-6+,25-7+,26-20+,34-30-,35-27-/t22?,24?,28-/m1/s1. The van der Waals surface area contributed by atoms with E-state index in [0.29, 0.717) is 48.9 Å². The van der Waals surface area contributed by atoms with E-state index >= 15 is 0 Å². The van der Waals surface area contributed by atoms with E-state index in [-0.39, 0.29) is 24.4 Å². The normalized spacial score (nSPS) is 27.4. The van der Waals surface area contributed by atoms with Gasteiger partial charge in [0.1, 0.15) is 0 Å². The zero-order chi connectivity index (χ0) is 28.8. The van der Waals surface area contributed by atoms with Crippen molar-refractivity contribution >= 4 is 34.9 Å². The van der Waals surface area contributed by atoms with Gasteiger partial charge in [-0.15, -0.1) is 0 Å². The molecular formula is C31H43ClN4O3. The molecule has 7 nitrogen and oxygen atoms in total. The molecule has 2 heterocycles. The summed E-state index contributed by atoms with van der Waals surface area (Å²) in [4.78, 5) is 36.6. The number of aliphatic imine (C=N–C) groups is 2. The number of likely N-dealkylation sites (tertiary alicyclic amines) is 1. The molecule has 0 radical (unpaired) electrons. The van der Waals surface area contributed by atoms with Crippen LogP contribution in [0, 0.1) is 5.92 Å². The molecule has 2 aliphatic heterocycles. The second-order valence-electron chi connectivity index (χ2n) is 9.90. The molecule has 2 aliphatic rings. The van der Waals surface area contributed by atoms with Crippen LogP contribution in [0.1, 0.15) is 59.8 Å². The number of carbonyl (C=O) groups is 2. The molecule has 0 saturated carbocycles. The molecule has 0 aromatic rings. The number of nitrogens with zero attached hydrogens (tertiary/aromatic N) is 3. The van der Waals surface area contributed by atoms with Gasteiger partial charge < -0.3 is 15.3 Å². The molecule has 39 heavy (non-hydrogen) atoms. The lowest BCUT2D eigenvalue weighted by Crippen LogP contribution is -2.43. The first-order valence-electron chi connectivity index (χ1n) is 13.7. The minimum atomic E-state index is -0.811. The highest BCUT2D eigenvalue weighted by Crippen LogP contribution is 2.26. The van der Waals surface area contributed by atoms with Crippen molar-refractivity contribution in [3.05, 3.63) is 71.5 Å². The highest BCUT2D eigenvalue weighted by Gasteiger charge is 2.35. The van der Waals surface area contributed by atoms with E-state index in [4.69, 9.17) is 26.7 Å². The van der Waals surface area contributed by atoms with E-state index in [2.05, 4.69) is 18.8 Å². The van der Waals surface area contributed by atoms with E-state index in [1.165, 1.54) is 0 Å². The lowest BCUT2D eigenvalue weighted by Gasteiger charge is -2.28. The average Bonchev–Trinajstić information content (AvgIpc) is 3.26. The average molecular weight is 555 g/mol. The first-order chi connectivity index (χ1) is 18.7. The minimum absolute atomic E-state index is 0.00964. The number of aliphatic carboxylic acids is 1. The van der Waals surface area contributed by atoms with E-state index in [0.717, 1.165) is 30.0 Å². The summed E-state index contributed by atoms with van der Waals surface area (Å²) in [5.41, 5.74) is 3.00.